The Kier molecular flexibility index (Phi) is 4.51. The average molecular weight is 139 g/mol. The van der Waals surface area contributed by atoms with Crippen molar-refractivity contribution in [3.8, 4) is 0 Å². The molecule has 0 spiro atoms. The Morgan fingerprint density at radius 2 is 2.10 bits per heavy atom. The fourth-order valence-corrected chi connectivity index (χ4v) is 0.483. The molecule has 0 saturated heterocycles. The Labute approximate surface area is 61.6 Å². The molecular formula is C8H13NO. The van der Waals surface area contributed by atoms with Gasteiger partial charge in [0, 0.05) is 5.92 Å². The highest BCUT2D eigenvalue weighted by molar-refractivity contribution is 4.90. The minimum atomic E-state index is -0.146. The van der Waals surface area contributed by atoms with Crippen molar-refractivity contribution in [1.82, 2.24) is 0 Å². The van der Waals surface area contributed by atoms with E-state index in [1.807, 2.05) is 26.0 Å². The Morgan fingerprint density at radius 3 is 2.50 bits per heavy atom. The molecule has 0 aromatic rings. The van der Waals surface area contributed by atoms with Crippen LogP contribution in [0.5, 0.6) is 0 Å². The predicted octanol–water partition coefficient (Wildman–Crippen LogP) is 2.51. The number of nitroso groups, excluding NO2 is 1. The second kappa shape index (κ2) is 4.95. The van der Waals surface area contributed by atoms with E-state index in [1.54, 1.807) is 6.92 Å². The quantitative estimate of drug-likeness (QED) is 0.436. The minimum Gasteiger partial charge on any atom is -0.151 e. The fraction of sp³-hybridized carbons (Fsp3) is 0.625. The van der Waals surface area contributed by atoms with E-state index < -0.39 is 0 Å². The smallest absolute Gasteiger partial charge is 0.0957 e. The van der Waals surface area contributed by atoms with Crippen LogP contribution in [0.3, 0.4) is 0 Å². The molecule has 0 rings (SSSR count). The van der Waals surface area contributed by atoms with Crippen LogP contribution in [0.1, 0.15) is 20.8 Å². The van der Waals surface area contributed by atoms with Gasteiger partial charge >= 0.3 is 0 Å². The fourth-order valence-electron chi connectivity index (χ4n) is 0.483. The molecule has 2 heteroatoms. The molecule has 0 aromatic carbocycles. The van der Waals surface area contributed by atoms with E-state index >= 15 is 0 Å². The molecule has 0 aromatic heterocycles. The van der Waals surface area contributed by atoms with Gasteiger partial charge in [-0.05, 0) is 26.0 Å². The Morgan fingerprint density at radius 1 is 1.50 bits per heavy atom. The summed E-state index contributed by atoms with van der Waals surface area (Å²) < 4.78 is 0. The van der Waals surface area contributed by atoms with Gasteiger partial charge in [0.1, 0.15) is 0 Å². The van der Waals surface area contributed by atoms with E-state index in [-0.39, 0.29) is 12.0 Å². The van der Waals surface area contributed by atoms with Crippen molar-refractivity contribution in [2.75, 3.05) is 0 Å². The topological polar surface area (TPSA) is 29.4 Å². The van der Waals surface area contributed by atoms with Gasteiger partial charge < -0.3 is 0 Å². The van der Waals surface area contributed by atoms with Crippen LogP contribution in [0.25, 0.3) is 0 Å². The molecule has 0 aliphatic carbocycles. The van der Waals surface area contributed by atoms with Crippen LogP contribution in [-0.2, 0) is 0 Å². The first kappa shape index (κ1) is 9.12. The van der Waals surface area contributed by atoms with Crippen LogP contribution in [0.2, 0.25) is 0 Å². The summed E-state index contributed by atoms with van der Waals surface area (Å²) in [6.45, 7) is 5.64. The number of hydrogen-bond acceptors (Lipinski definition) is 2. The molecule has 0 saturated carbocycles. The van der Waals surface area contributed by atoms with Crippen molar-refractivity contribution in [2.24, 2.45) is 11.1 Å². The van der Waals surface area contributed by atoms with Crippen LogP contribution >= 0.6 is 0 Å². The maximum Gasteiger partial charge on any atom is 0.0957 e. The molecule has 0 radical (unpaired) electrons. The first-order chi connectivity index (χ1) is 4.72. The number of nitrogens with zero attached hydrogens (tertiary/aromatic N) is 1. The summed E-state index contributed by atoms with van der Waals surface area (Å²) in [6.07, 6.45) is 3.67. The lowest BCUT2D eigenvalue weighted by molar-refractivity contribution is 0.581. The van der Waals surface area contributed by atoms with Gasteiger partial charge in [-0.25, -0.2) is 0 Å². The van der Waals surface area contributed by atoms with E-state index in [1.165, 1.54) is 0 Å². The van der Waals surface area contributed by atoms with E-state index in [9.17, 15) is 4.91 Å². The lowest BCUT2D eigenvalue weighted by atomic mass is 10.1. The van der Waals surface area contributed by atoms with Gasteiger partial charge in [0.2, 0.25) is 0 Å². The molecule has 2 unspecified atom stereocenters. The van der Waals surface area contributed by atoms with Crippen molar-refractivity contribution in [3.05, 3.63) is 22.8 Å². The SMILES string of the molecule is CC=C=CC(C)C(C)N=O. The van der Waals surface area contributed by atoms with Gasteiger partial charge in [-0.3, -0.25) is 0 Å². The summed E-state index contributed by atoms with van der Waals surface area (Å²) in [4.78, 5) is 10.0. The first-order valence-electron chi connectivity index (χ1n) is 3.42. The third-order valence-electron chi connectivity index (χ3n) is 1.45. The first-order valence-corrected chi connectivity index (χ1v) is 3.42. The molecule has 0 fully saturated rings. The maximum atomic E-state index is 10.0. The standard InChI is InChI=1S/C8H13NO/c1-4-5-6-7(2)8(3)9-10/h4,6-8H,1-3H3. The van der Waals surface area contributed by atoms with E-state index in [0.717, 1.165) is 0 Å². The summed E-state index contributed by atoms with van der Waals surface area (Å²) in [5, 5.41) is 2.91. The Bertz CT molecular complexity index is 157. The van der Waals surface area contributed by atoms with Gasteiger partial charge in [0.25, 0.3) is 0 Å². The normalized spacial score (nSPS) is 14.7. The molecule has 0 amide bonds. The molecule has 0 heterocycles. The summed E-state index contributed by atoms with van der Waals surface area (Å²) in [6, 6.07) is -0.146. The third kappa shape index (κ3) is 3.21. The molecule has 10 heavy (non-hydrogen) atoms. The van der Waals surface area contributed by atoms with Crippen molar-refractivity contribution < 1.29 is 0 Å². The van der Waals surface area contributed by atoms with Gasteiger partial charge in [-0.1, -0.05) is 12.1 Å². The zero-order valence-corrected chi connectivity index (χ0v) is 6.66. The van der Waals surface area contributed by atoms with Crippen LogP contribution in [0.15, 0.2) is 23.1 Å². The van der Waals surface area contributed by atoms with E-state index in [0.29, 0.717) is 0 Å². The van der Waals surface area contributed by atoms with Crippen molar-refractivity contribution in [3.63, 3.8) is 0 Å². The maximum absolute atomic E-state index is 10.0. The molecular weight excluding hydrogens is 126 g/mol. The molecule has 0 N–H and O–H groups in total. The monoisotopic (exact) mass is 139 g/mol. The van der Waals surface area contributed by atoms with E-state index in [4.69, 9.17) is 0 Å². The molecule has 0 aliphatic heterocycles. The summed E-state index contributed by atoms with van der Waals surface area (Å²) in [5.41, 5.74) is 2.91. The largest absolute Gasteiger partial charge is 0.151 e. The average Bonchev–Trinajstić information content (AvgIpc) is 1.98. The van der Waals surface area contributed by atoms with Crippen LogP contribution in [0, 0.1) is 10.8 Å². The lowest BCUT2D eigenvalue weighted by Crippen LogP contribution is -2.06. The summed E-state index contributed by atoms with van der Waals surface area (Å²) in [5.74, 6) is 0.189. The van der Waals surface area contributed by atoms with Gasteiger partial charge in [-0.15, -0.1) is 5.73 Å². The highest BCUT2D eigenvalue weighted by Crippen LogP contribution is 2.06. The highest BCUT2D eigenvalue weighted by Gasteiger charge is 2.07. The second-order valence-electron chi connectivity index (χ2n) is 2.33. The second-order valence-corrected chi connectivity index (χ2v) is 2.33. The highest BCUT2D eigenvalue weighted by atomic mass is 16.3. The van der Waals surface area contributed by atoms with Crippen LogP contribution < -0.4 is 0 Å². The molecule has 0 bridgehead atoms. The molecule has 2 nitrogen and oxygen atoms in total. The van der Waals surface area contributed by atoms with Gasteiger partial charge in [-0.2, -0.15) is 4.91 Å². The molecule has 2 atom stereocenters. The minimum absolute atomic E-state index is 0.146. The van der Waals surface area contributed by atoms with Crippen LogP contribution in [-0.4, -0.2) is 6.04 Å². The summed E-state index contributed by atoms with van der Waals surface area (Å²) >= 11 is 0. The molecule has 56 valence electrons. The van der Waals surface area contributed by atoms with Gasteiger partial charge in [0.05, 0.1) is 6.04 Å². The summed E-state index contributed by atoms with van der Waals surface area (Å²) in [7, 11) is 0. The zero-order valence-electron chi connectivity index (χ0n) is 6.66. The van der Waals surface area contributed by atoms with Crippen molar-refractivity contribution in [1.29, 1.82) is 0 Å². The third-order valence-corrected chi connectivity index (χ3v) is 1.45. The zero-order chi connectivity index (χ0) is 7.98. The Hall–Kier alpha value is -0.880. The molecule has 0 aliphatic rings. The van der Waals surface area contributed by atoms with Gasteiger partial charge in [0.15, 0.2) is 0 Å². The van der Waals surface area contributed by atoms with Crippen molar-refractivity contribution in [2.45, 2.75) is 26.8 Å². The van der Waals surface area contributed by atoms with Crippen molar-refractivity contribution >= 4 is 0 Å². The van der Waals surface area contributed by atoms with Crippen LogP contribution in [0.4, 0.5) is 0 Å². The lowest BCUT2D eigenvalue weighted by Gasteiger charge is -2.04. The Balaban J connectivity index is 3.95. The number of hydrogen-bond donors (Lipinski definition) is 0. The predicted molar refractivity (Wildman–Crippen MR) is 42.7 cm³/mol. The number of rotatable bonds is 3. The van der Waals surface area contributed by atoms with E-state index in [2.05, 4.69) is 10.9 Å².